The van der Waals surface area contributed by atoms with Gasteiger partial charge in [0.2, 0.25) is 0 Å². The highest BCUT2D eigenvalue weighted by atomic mass is 16.8. The molecular weight excluding hydrogens is 854 g/mol. The Balaban J connectivity index is 1.65. The first kappa shape index (κ1) is 53.2. The molecule has 3 saturated heterocycles. The lowest BCUT2D eigenvalue weighted by Gasteiger charge is -2.48. The maximum absolute atomic E-state index is 12.7. The van der Waals surface area contributed by atoms with E-state index in [0.29, 0.717) is 0 Å². The Morgan fingerprint density at radius 1 is 0.810 bits per heavy atom. The third kappa shape index (κ3) is 12.7. The minimum atomic E-state index is -2.72. The van der Waals surface area contributed by atoms with Gasteiger partial charge in [0.15, 0.2) is 18.9 Å². The summed E-state index contributed by atoms with van der Waals surface area (Å²) >= 11 is 0. The summed E-state index contributed by atoms with van der Waals surface area (Å²) in [4.78, 5) is 12.7. The van der Waals surface area contributed by atoms with Gasteiger partial charge in [0.05, 0.1) is 57.2 Å². The lowest BCUT2D eigenvalue weighted by molar-refractivity contribution is -0.376. The van der Waals surface area contributed by atoms with E-state index >= 15 is 0 Å². The second-order valence-electron chi connectivity index (χ2n) is 15.8. The number of hydrogen-bond acceptors (Lipinski definition) is 24. The normalized spacial score (nSPS) is 37.3. The van der Waals surface area contributed by atoms with Gasteiger partial charge in [0.1, 0.15) is 85.1 Å². The SMILES string of the molecule is CCCCc1ccc(O[C@]2(C(=O)O)C[C@@H](O)[C@@H](O[C@@H](O)[C@H](O)C(O[C@H]3O[C@@H]([C@@H](O)CO)[C@@H](O)C(O)C3O[C@H]3OC(CO)[C@@H](O)[C@@H](O)C3N)[C@H](O)C[C@@H](O)CO)C([C@H](O)CO)O2)cc1. The molecule has 0 saturated carbocycles. The van der Waals surface area contributed by atoms with E-state index in [1.54, 1.807) is 12.1 Å². The van der Waals surface area contributed by atoms with Crippen molar-refractivity contribution in [1.82, 2.24) is 0 Å². The molecule has 21 atom stereocenters. The molecule has 3 fully saturated rings. The van der Waals surface area contributed by atoms with Crippen LogP contribution in [0, 0.1) is 0 Å². The van der Waals surface area contributed by atoms with Crippen LogP contribution in [0.1, 0.15) is 38.2 Å². The first-order valence-electron chi connectivity index (χ1n) is 20.4. The fraction of sp³-hybridized carbons (Fsp3) is 0.816. The zero-order chi connectivity index (χ0) is 46.9. The first-order valence-corrected chi connectivity index (χ1v) is 20.4. The topological polar surface area (TPSA) is 431 Å². The van der Waals surface area contributed by atoms with Crippen molar-refractivity contribution in [3.8, 4) is 5.75 Å². The van der Waals surface area contributed by atoms with Crippen LogP contribution in [0.25, 0.3) is 0 Å². The summed E-state index contributed by atoms with van der Waals surface area (Å²) in [5.74, 6) is -4.52. The largest absolute Gasteiger partial charge is 0.476 e. The number of carbonyl (C=O) groups is 1. The third-order valence-corrected chi connectivity index (χ3v) is 11.1. The van der Waals surface area contributed by atoms with Gasteiger partial charge in [0, 0.05) is 6.42 Å². The van der Waals surface area contributed by atoms with E-state index in [0.717, 1.165) is 24.8 Å². The van der Waals surface area contributed by atoms with Crippen LogP contribution in [0.15, 0.2) is 24.3 Å². The van der Waals surface area contributed by atoms with Crippen LogP contribution in [0.2, 0.25) is 0 Å². The Morgan fingerprint density at radius 3 is 2.02 bits per heavy atom. The van der Waals surface area contributed by atoms with Crippen LogP contribution < -0.4 is 10.5 Å². The number of aryl methyl sites for hydroxylation is 1. The number of rotatable bonds is 23. The third-order valence-electron chi connectivity index (χ3n) is 11.1. The van der Waals surface area contributed by atoms with Gasteiger partial charge in [-0.05, 0) is 30.5 Å². The zero-order valence-electron chi connectivity index (χ0n) is 34.2. The van der Waals surface area contributed by atoms with Gasteiger partial charge in [-0.15, -0.1) is 0 Å². The van der Waals surface area contributed by atoms with Crippen molar-refractivity contribution in [3.63, 3.8) is 0 Å². The monoisotopic (exact) mass is 917 g/mol. The summed E-state index contributed by atoms with van der Waals surface area (Å²) < 4.78 is 39.5. The molecule has 0 spiro atoms. The molecule has 1 aromatic carbocycles. The number of carboxylic acid groups (broad SMARTS) is 1. The number of nitrogens with two attached hydrogens (primary N) is 1. The van der Waals surface area contributed by atoms with E-state index in [9.17, 15) is 86.5 Å². The minimum absolute atomic E-state index is 0.0198. The molecule has 0 bridgehead atoms. The number of carboxylic acids is 1. The summed E-state index contributed by atoms with van der Waals surface area (Å²) in [5.41, 5.74) is 6.90. The fourth-order valence-corrected chi connectivity index (χ4v) is 7.42. The average Bonchev–Trinajstić information content (AvgIpc) is 3.27. The maximum Gasteiger partial charge on any atom is 0.377 e. The van der Waals surface area contributed by atoms with Crippen molar-refractivity contribution in [2.24, 2.45) is 5.73 Å². The highest BCUT2D eigenvalue weighted by Gasteiger charge is 2.58. The van der Waals surface area contributed by atoms with E-state index in [1.807, 2.05) is 6.92 Å². The smallest absolute Gasteiger partial charge is 0.377 e. The van der Waals surface area contributed by atoms with Gasteiger partial charge in [-0.25, -0.2) is 4.79 Å². The van der Waals surface area contributed by atoms with E-state index in [1.165, 1.54) is 12.1 Å². The lowest BCUT2D eigenvalue weighted by Crippen LogP contribution is -2.68. The Morgan fingerprint density at radius 2 is 1.44 bits per heavy atom. The van der Waals surface area contributed by atoms with Gasteiger partial charge < -0.3 is 121 Å². The van der Waals surface area contributed by atoms with Crippen molar-refractivity contribution in [2.75, 3.05) is 26.4 Å². The summed E-state index contributed by atoms with van der Waals surface area (Å²) in [6.07, 6.45) is -38.1. The molecule has 63 heavy (non-hydrogen) atoms. The summed E-state index contributed by atoms with van der Waals surface area (Å²) in [7, 11) is 0. The highest BCUT2D eigenvalue weighted by molar-refractivity contribution is 5.76. The van der Waals surface area contributed by atoms with E-state index in [-0.39, 0.29) is 5.75 Å². The van der Waals surface area contributed by atoms with Crippen LogP contribution in [-0.4, -0.2) is 242 Å². The standard InChI is InChI=1S/C38H63NO24/c1-2-3-4-15-5-7-17(8-6-15)62-38(37(55)56)10-19(46)31(32(63-38)21(48)13-42)58-34(54)28(53)29(18(45)9-16(44)11-40)59-36-33(27(52)26(51)30(60-36)20(47)12-41)61-35-23(39)25(50)24(49)22(14-43)57-35/h5-8,16,18-36,40-54H,2-4,9-14,39H2,1H3,(H,55,56)/t16-,18-,19-,20+,21-,22?,23?,24-,25+,26+,27?,28-,29?,30+,31-,32?,33?,34-,35-,36+,38-/m1/s1. The Labute approximate surface area is 360 Å². The summed E-state index contributed by atoms with van der Waals surface area (Å²) in [6.45, 7) is -2.02. The Bertz CT molecular complexity index is 1520. The Hall–Kier alpha value is -2.39. The van der Waals surface area contributed by atoms with E-state index in [4.69, 9.17) is 38.9 Å². The van der Waals surface area contributed by atoms with Gasteiger partial charge >= 0.3 is 11.8 Å². The number of unbranched alkanes of at least 4 members (excludes halogenated alkanes) is 1. The summed E-state index contributed by atoms with van der Waals surface area (Å²) in [6, 6.07) is 4.66. The number of hydrogen-bond donors (Lipinski definition) is 17. The molecule has 6 unspecified atom stereocenters. The summed E-state index contributed by atoms with van der Waals surface area (Å²) in [5, 5.41) is 169. The molecule has 364 valence electrons. The van der Waals surface area contributed by atoms with Gasteiger partial charge in [-0.3, -0.25) is 0 Å². The molecule has 3 heterocycles. The number of aliphatic hydroxyl groups excluding tert-OH is 15. The van der Waals surface area contributed by atoms with Crippen molar-refractivity contribution >= 4 is 5.97 Å². The number of aliphatic carboxylic acids is 1. The highest BCUT2D eigenvalue weighted by Crippen LogP contribution is 2.37. The average molecular weight is 918 g/mol. The molecule has 18 N–H and O–H groups in total. The number of benzene rings is 1. The molecule has 3 aliphatic rings. The van der Waals surface area contributed by atoms with Crippen molar-refractivity contribution in [3.05, 3.63) is 29.8 Å². The van der Waals surface area contributed by atoms with Crippen LogP contribution in [0.5, 0.6) is 5.75 Å². The molecule has 3 aliphatic heterocycles. The van der Waals surface area contributed by atoms with E-state index in [2.05, 4.69) is 0 Å². The van der Waals surface area contributed by atoms with Gasteiger partial charge in [-0.2, -0.15) is 0 Å². The molecule has 0 aliphatic carbocycles. The predicted octanol–water partition coefficient (Wildman–Crippen LogP) is -7.80. The maximum atomic E-state index is 12.7. The molecule has 25 nitrogen and oxygen atoms in total. The molecular formula is C38H63NO24. The zero-order valence-corrected chi connectivity index (χ0v) is 34.2. The molecule has 0 aromatic heterocycles. The van der Waals surface area contributed by atoms with E-state index < -0.39 is 174 Å². The molecule has 25 heteroatoms. The first-order chi connectivity index (χ1) is 29.8. The number of aliphatic hydroxyl groups is 15. The van der Waals surface area contributed by atoms with Crippen LogP contribution in [-0.2, 0) is 39.6 Å². The second-order valence-corrected chi connectivity index (χ2v) is 15.8. The molecule has 0 amide bonds. The molecule has 1 aromatic rings. The van der Waals surface area contributed by atoms with Gasteiger partial charge in [-0.1, -0.05) is 25.5 Å². The van der Waals surface area contributed by atoms with Crippen LogP contribution in [0.4, 0.5) is 0 Å². The van der Waals surface area contributed by atoms with Gasteiger partial charge in [0.25, 0.3) is 0 Å². The fourth-order valence-electron chi connectivity index (χ4n) is 7.42. The van der Waals surface area contributed by atoms with Crippen molar-refractivity contribution in [1.29, 1.82) is 0 Å². The Kier molecular flexibility index (Phi) is 20.2. The van der Waals surface area contributed by atoms with Crippen LogP contribution >= 0.6 is 0 Å². The predicted molar refractivity (Wildman–Crippen MR) is 204 cm³/mol. The number of ether oxygens (including phenoxy) is 7. The van der Waals surface area contributed by atoms with Crippen LogP contribution in [0.3, 0.4) is 0 Å². The van der Waals surface area contributed by atoms with Crippen molar-refractivity contribution in [2.45, 2.75) is 167 Å². The molecule has 4 rings (SSSR count). The lowest BCUT2D eigenvalue weighted by atomic mass is 9.92. The quantitative estimate of drug-likeness (QED) is 0.0453. The van der Waals surface area contributed by atoms with Crippen molar-refractivity contribution < 1.29 is 120 Å². The molecule has 0 radical (unpaired) electrons. The second kappa shape index (κ2) is 23.9. The minimum Gasteiger partial charge on any atom is -0.476 e.